The number of nitrogens with one attached hydrogen (secondary N) is 1. The van der Waals surface area contributed by atoms with E-state index in [2.05, 4.69) is 17.0 Å². The molecule has 2 rings (SSSR count). The summed E-state index contributed by atoms with van der Waals surface area (Å²) in [5.74, 6) is -0.513. The van der Waals surface area contributed by atoms with Gasteiger partial charge in [-0.25, -0.2) is 4.79 Å². The topological polar surface area (TPSA) is 88.4 Å². The molecular weight excluding hydrogens is 392 g/mol. The number of halogens is 1. The van der Waals surface area contributed by atoms with Crippen LogP contribution in [0.4, 0.5) is 5.69 Å². The number of anilines is 1. The lowest BCUT2D eigenvalue weighted by molar-refractivity contribution is -0.112. The molecular formula is C22H21ClN2O4. The van der Waals surface area contributed by atoms with E-state index in [1.54, 1.807) is 30.3 Å². The molecule has 0 unspecified atom stereocenters. The second-order valence-corrected chi connectivity index (χ2v) is 6.51. The maximum absolute atomic E-state index is 12.5. The lowest BCUT2D eigenvalue weighted by atomic mass is 10.1. The number of nitriles is 1. The number of ether oxygens (including phenoxy) is 2. The second kappa shape index (κ2) is 10.9. The molecule has 0 bridgehead atoms. The van der Waals surface area contributed by atoms with E-state index >= 15 is 0 Å². The van der Waals surface area contributed by atoms with Gasteiger partial charge in [0, 0.05) is 16.3 Å². The van der Waals surface area contributed by atoms with Gasteiger partial charge >= 0.3 is 5.97 Å². The number of amides is 1. The van der Waals surface area contributed by atoms with Crippen molar-refractivity contribution in [2.24, 2.45) is 0 Å². The van der Waals surface area contributed by atoms with Gasteiger partial charge in [0.2, 0.25) is 0 Å². The Hall–Kier alpha value is -3.30. The third kappa shape index (κ3) is 6.37. The molecule has 2 aromatic carbocycles. The third-order valence-electron chi connectivity index (χ3n) is 3.96. The number of rotatable bonds is 8. The number of benzene rings is 2. The first-order valence-corrected chi connectivity index (χ1v) is 9.40. The number of hydrogen-bond acceptors (Lipinski definition) is 5. The number of esters is 1. The average molecular weight is 413 g/mol. The summed E-state index contributed by atoms with van der Waals surface area (Å²) in [4.78, 5) is 24.0. The van der Waals surface area contributed by atoms with Crippen LogP contribution >= 0.6 is 11.6 Å². The Morgan fingerprint density at radius 1 is 1.21 bits per heavy atom. The predicted octanol–water partition coefficient (Wildman–Crippen LogP) is 4.85. The molecule has 1 N–H and O–H groups in total. The van der Waals surface area contributed by atoms with Crippen molar-refractivity contribution >= 4 is 35.2 Å². The van der Waals surface area contributed by atoms with Crippen molar-refractivity contribution in [1.82, 2.24) is 0 Å². The Labute approximate surface area is 174 Å². The van der Waals surface area contributed by atoms with Crippen LogP contribution in [0.1, 0.15) is 35.7 Å². The van der Waals surface area contributed by atoms with E-state index in [9.17, 15) is 14.9 Å². The van der Waals surface area contributed by atoms with Crippen molar-refractivity contribution in [2.45, 2.75) is 19.8 Å². The van der Waals surface area contributed by atoms with E-state index in [4.69, 9.17) is 16.3 Å². The van der Waals surface area contributed by atoms with Crippen LogP contribution in [0.25, 0.3) is 6.08 Å². The highest BCUT2D eigenvalue weighted by molar-refractivity contribution is 6.30. The molecule has 150 valence electrons. The van der Waals surface area contributed by atoms with E-state index < -0.39 is 11.9 Å². The van der Waals surface area contributed by atoms with E-state index in [0.29, 0.717) is 34.2 Å². The number of carbonyl (C=O) groups is 2. The lowest BCUT2D eigenvalue weighted by Gasteiger charge is -2.10. The maximum Gasteiger partial charge on any atom is 0.337 e. The minimum absolute atomic E-state index is 0.107. The summed E-state index contributed by atoms with van der Waals surface area (Å²) in [7, 11) is 1.29. The highest BCUT2D eigenvalue weighted by Crippen LogP contribution is 2.26. The fourth-order valence-electron chi connectivity index (χ4n) is 2.40. The van der Waals surface area contributed by atoms with E-state index in [0.717, 1.165) is 12.8 Å². The van der Waals surface area contributed by atoms with Gasteiger partial charge in [-0.2, -0.15) is 5.26 Å². The Kier molecular flexibility index (Phi) is 8.26. The molecule has 0 atom stereocenters. The molecule has 6 nitrogen and oxygen atoms in total. The van der Waals surface area contributed by atoms with Gasteiger partial charge in [0.05, 0.1) is 19.3 Å². The number of unbranched alkanes of at least 4 members (excludes halogenated alkanes) is 1. The Morgan fingerprint density at radius 3 is 2.55 bits per heavy atom. The van der Waals surface area contributed by atoms with Crippen molar-refractivity contribution in [2.75, 3.05) is 19.0 Å². The minimum Gasteiger partial charge on any atom is -0.493 e. The third-order valence-corrected chi connectivity index (χ3v) is 4.19. The van der Waals surface area contributed by atoms with Gasteiger partial charge in [0.15, 0.2) is 0 Å². The van der Waals surface area contributed by atoms with Gasteiger partial charge < -0.3 is 14.8 Å². The van der Waals surface area contributed by atoms with Crippen LogP contribution in [0.5, 0.6) is 5.75 Å². The summed E-state index contributed by atoms with van der Waals surface area (Å²) in [6.07, 6.45) is 3.31. The largest absolute Gasteiger partial charge is 0.493 e. The quantitative estimate of drug-likeness (QED) is 0.290. The fraction of sp³-hybridized carbons (Fsp3) is 0.227. The Morgan fingerprint density at radius 2 is 1.93 bits per heavy atom. The van der Waals surface area contributed by atoms with Gasteiger partial charge in [-0.05, 0) is 55.0 Å². The van der Waals surface area contributed by atoms with Crippen LogP contribution in [0, 0.1) is 11.3 Å². The van der Waals surface area contributed by atoms with Crippen LogP contribution in [0.15, 0.2) is 48.0 Å². The summed E-state index contributed by atoms with van der Waals surface area (Å²) < 4.78 is 10.4. The van der Waals surface area contributed by atoms with Crippen LogP contribution in [-0.4, -0.2) is 25.6 Å². The predicted molar refractivity (Wildman–Crippen MR) is 112 cm³/mol. The first-order chi connectivity index (χ1) is 14.0. The zero-order chi connectivity index (χ0) is 21.2. The van der Waals surface area contributed by atoms with E-state index in [1.165, 1.54) is 25.3 Å². The molecule has 2 aromatic rings. The molecule has 29 heavy (non-hydrogen) atoms. The van der Waals surface area contributed by atoms with Crippen molar-refractivity contribution in [1.29, 1.82) is 5.26 Å². The fourth-order valence-corrected chi connectivity index (χ4v) is 2.58. The number of hydrogen-bond donors (Lipinski definition) is 1. The van der Waals surface area contributed by atoms with Gasteiger partial charge in [0.25, 0.3) is 5.91 Å². The standard InChI is InChI=1S/C22H21ClN2O4/c1-3-4-11-29-20-10-7-18(23)13-16(20)12-17(14-24)21(26)25-19-8-5-15(6-9-19)22(27)28-2/h5-10,12-13H,3-4,11H2,1-2H3,(H,25,26)/b17-12-. The molecule has 0 fully saturated rings. The summed E-state index contributed by atoms with van der Waals surface area (Å²) in [6.45, 7) is 2.58. The summed E-state index contributed by atoms with van der Waals surface area (Å²) >= 11 is 6.06. The summed E-state index contributed by atoms with van der Waals surface area (Å²) in [5, 5.41) is 12.5. The van der Waals surface area contributed by atoms with Crippen molar-refractivity contribution in [3.8, 4) is 11.8 Å². The second-order valence-electron chi connectivity index (χ2n) is 6.08. The van der Waals surface area contributed by atoms with Crippen molar-refractivity contribution in [3.63, 3.8) is 0 Å². The first-order valence-electron chi connectivity index (χ1n) is 9.02. The van der Waals surface area contributed by atoms with Gasteiger partial charge in [-0.15, -0.1) is 0 Å². The highest BCUT2D eigenvalue weighted by atomic mass is 35.5. The smallest absolute Gasteiger partial charge is 0.337 e. The van der Waals surface area contributed by atoms with E-state index in [-0.39, 0.29) is 5.57 Å². The molecule has 7 heteroatoms. The van der Waals surface area contributed by atoms with Crippen LogP contribution in [0.2, 0.25) is 5.02 Å². The molecule has 0 spiro atoms. The average Bonchev–Trinajstić information content (AvgIpc) is 2.73. The first kappa shape index (κ1) is 22.0. The van der Waals surface area contributed by atoms with Crippen LogP contribution in [-0.2, 0) is 9.53 Å². The number of methoxy groups -OCH3 is 1. The van der Waals surface area contributed by atoms with Gasteiger partial charge in [-0.3, -0.25) is 4.79 Å². The zero-order valence-corrected chi connectivity index (χ0v) is 17.0. The molecule has 1 amide bonds. The van der Waals surface area contributed by atoms with Gasteiger partial charge in [0.1, 0.15) is 17.4 Å². The van der Waals surface area contributed by atoms with Crippen molar-refractivity contribution < 1.29 is 19.1 Å². The van der Waals surface area contributed by atoms with Gasteiger partial charge in [-0.1, -0.05) is 24.9 Å². The van der Waals surface area contributed by atoms with Crippen molar-refractivity contribution in [3.05, 3.63) is 64.2 Å². The van der Waals surface area contributed by atoms with Crippen LogP contribution < -0.4 is 10.1 Å². The van der Waals surface area contributed by atoms with E-state index in [1.807, 2.05) is 6.07 Å². The normalized spacial score (nSPS) is 10.8. The molecule has 0 radical (unpaired) electrons. The summed E-state index contributed by atoms with van der Waals surface area (Å²) in [6, 6.07) is 13.1. The molecule has 0 aromatic heterocycles. The highest BCUT2D eigenvalue weighted by Gasteiger charge is 2.13. The molecule has 0 aliphatic carbocycles. The summed E-state index contributed by atoms with van der Waals surface area (Å²) in [5.41, 5.74) is 1.23. The Bertz CT molecular complexity index is 946. The number of nitrogens with zero attached hydrogens (tertiary/aromatic N) is 1. The lowest BCUT2D eigenvalue weighted by Crippen LogP contribution is -2.13. The monoisotopic (exact) mass is 412 g/mol. The Balaban J connectivity index is 2.21. The number of carbonyl (C=O) groups excluding carboxylic acids is 2. The van der Waals surface area contributed by atoms with Crippen LogP contribution in [0.3, 0.4) is 0 Å². The SMILES string of the molecule is CCCCOc1ccc(Cl)cc1/C=C(/C#N)C(=O)Nc1ccc(C(=O)OC)cc1. The molecule has 0 saturated carbocycles. The molecule has 0 saturated heterocycles. The molecule has 0 heterocycles. The maximum atomic E-state index is 12.5. The minimum atomic E-state index is -0.585. The molecule has 0 aliphatic heterocycles. The zero-order valence-electron chi connectivity index (χ0n) is 16.2. The molecule has 0 aliphatic rings.